The van der Waals surface area contributed by atoms with Crippen molar-refractivity contribution in [2.24, 2.45) is 0 Å². The van der Waals surface area contributed by atoms with Gasteiger partial charge >= 0.3 is 0 Å². The number of aromatic nitrogens is 6. The molecule has 0 bridgehead atoms. The molecule has 0 radical (unpaired) electrons. The van der Waals surface area contributed by atoms with Crippen LogP contribution in [0.4, 0.5) is 5.69 Å². The highest BCUT2D eigenvalue weighted by Gasteiger charge is 1.97. The average molecular weight is 219 g/mol. The van der Waals surface area contributed by atoms with E-state index < -0.39 is 0 Å². The zero-order chi connectivity index (χ0) is 11.6. The topological polar surface area (TPSA) is 103 Å². The summed E-state index contributed by atoms with van der Waals surface area (Å²) in [7, 11) is 0. The second kappa shape index (κ2) is 7.16. The minimum atomic E-state index is 0.636. The van der Waals surface area contributed by atoms with Gasteiger partial charge in [0.25, 0.3) is 0 Å². The van der Waals surface area contributed by atoms with E-state index in [0.717, 1.165) is 18.5 Å². The minimum absolute atomic E-state index is 0.636. The molecule has 7 heteroatoms. The Kier molecular flexibility index (Phi) is 5.32. The fourth-order valence-corrected chi connectivity index (χ4v) is 0.936. The summed E-state index contributed by atoms with van der Waals surface area (Å²) in [5, 5.41) is 20.9. The van der Waals surface area contributed by atoms with Gasteiger partial charge in [0.15, 0.2) is 0 Å². The van der Waals surface area contributed by atoms with Crippen molar-refractivity contribution in [3.63, 3.8) is 0 Å². The van der Waals surface area contributed by atoms with Crippen LogP contribution in [0.15, 0.2) is 24.7 Å². The van der Waals surface area contributed by atoms with Gasteiger partial charge in [0, 0.05) is 0 Å². The van der Waals surface area contributed by atoms with Crippen LogP contribution in [0.5, 0.6) is 0 Å². The van der Waals surface area contributed by atoms with Gasteiger partial charge in [0.05, 0.1) is 30.0 Å². The van der Waals surface area contributed by atoms with Gasteiger partial charge in [-0.25, -0.2) is 0 Å². The lowest BCUT2D eigenvalue weighted by atomic mass is 10.2. The molecule has 2 rings (SSSR count). The number of hydrogen-bond acceptors (Lipinski definition) is 7. The predicted molar refractivity (Wildman–Crippen MR) is 58.1 cm³/mol. The first-order valence-corrected chi connectivity index (χ1v) is 4.85. The molecule has 0 atom stereocenters. The minimum Gasteiger partial charge on any atom is -0.396 e. The largest absolute Gasteiger partial charge is 0.396 e. The van der Waals surface area contributed by atoms with Crippen molar-refractivity contribution in [3.05, 3.63) is 30.4 Å². The lowest BCUT2D eigenvalue weighted by Crippen LogP contribution is -2.00. The van der Waals surface area contributed by atoms with Crippen molar-refractivity contribution >= 4 is 5.69 Å². The van der Waals surface area contributed by atoms with Crippen LogP contribution in [0.3, 0.4) is 0 Å². The van der Waals surface area contributed by atoms with E-state index in [4.69, 9.17) is 5.73 Å². The Bertz CT molecular complexity index is 365. The second-order valence-corrected chi connectivity index (χ2v) is 2.90. The predicted octanol–water partition coefficient (Wildman–Crippen LogP) is 0.278. The Balaban J connectivity index is 0.000000181. The highest BCUT2D eigenvalue weighted by Crippen LogP contribution is 2.05. The summed E-state index contributed by atoms with van der Waals surface area (Å²) in [4.78, 5) is 0. The van der Waals surface area contributed by atoms with Crippen LogP contribution >= 0.6 is 0 Å². The Morgan fingerprint density at radius 1 is 1.12 bits per heavy atom. The van der Waals surface area contributed by atoms with Gasteiger partial charge < -0.3 is 5.73 Å². The van der Waals surface area contributed by atoms with E-state index in [9.17, 15) is 0 Å². The monoisotopic (exact) mass is 219 g/mol. The molecule has 2 heterocycles. The number of nitrogens with two attached hydrogens (primary N) is 1. The van der Waals surface area contributed by atoms with Crippen molar-refractivity contribution < 1.29 is 0 Å². The fourth-order valence-electron chi connectivity index (χ4n) is 0.936. The summed E-state index contributed by atoms with van der Waals surface area (Å²) in [6.07, 6.45) is 6.59. The third-order valence-electron chi connectivity index (χ3n) is 1.64. The summed E-state index contributed by atoms with van der Waals surface area (Å²) in [6, 6.07) is 1.72. The third-order valence-corrected chi connectivity index (χ3v) is 1.64. The van der Waals surface area contributed by atoms with Gasteiger partial charge in [-0.3, -0.25) is 0 Å². The molecular formula is C9H13N7. The summed E-state index contributed by atoms with van der Waals surface area (Å²) in [5.41, 5.74) is 7.02. The molecule has 0 spiro atoms. The van der Waals surface area contributed by atoms with Gasteiger partial charge in [0.1, 0.15) is 0 Å². The van der Waals surface area contributed by atoms with E-state index >= 15 is 0 Å². The van der Waals surface area contributed by atoms with Crippen LogP contribution in [-0.4, -0.2) is 30.8 Å². The molecule has 7 nitrogen and oxygen atoms in total. The molecule has 0 aliphatic heterocycles. The van der Waals surface area contributed by atoms with E-state index in [1.807, 2.05) is 0 Å². The second-order valence-electron chi connectivity index (χ2n) is 2.90. The lowest BCUT2D eigenvalue weighted by Gasteiger charge is -1.97. The summed E-state index contributed by atoms with van der Waals surface area (Å²) >= 11 is 0. The van der Waals surface area contributed by atoms with Crippen LogP contribution in [-0.2, 0) is 6.42 Å². The standard InChI is InChI=1S/C6H10N4.C3H3N3/c1-2-3-6-5(7)4-8-10-9-6;1-2-4-6-5-3-1/h4H,2-3H2,1H3,(H2,7,10);1-3H. The molecule has 84 valence electrons. The lowest BCUT2D eigenvalue weighted by molar-refractivity contribution is 0.784. The number of aryl methyl sites for hydroxylation is 1. The molecule has 0 aromatic carbocycles. The van der Waals surface area contributed by atoms with Crippen molar-refractivity contribution in [1.82, 2.24) is 30.8 Å². The van der Waals surface area contributed by atoms with E-state index in [2.05, 4.69) is 37.7 Å². The van der Waals surface area contributed by atoms with E-state index in [1.165, 1.54) is 6.20 Å². The molecule has 2 aromatic heterocycles. The highest BCUT2D eigenvalue weighted by molar-refractivity contribution is 5.38. The van der Waals surface area contributed by atoms with Crippen molar-refractivity contribution in [1.29, 1.82) is 0 Å². The number of hydrogen-bond donors (Lipinski definition) is 1. The fraction of sp³-hybridized carbons (Fsp3) is 0.333. The molecular weight excluding hydrogens is 206 g/mol. The molecule has 0 unspecified atom stereocenters. The normalized spacial score (nSPS) is 9.06. The number of anilines is 1. The van der Waals surface area contributed by atoms with Crippen molar-refractivity contribution in [2.45, 2.75) is 19.8 Å². The number of nitrogen functional groups attached to an aromatic ring is 1. The zero-order valence-corrected chi connectivity index (χ0v) is 8.98. The Hall–Kier alpha value is -2.18. The number of rotatable bonds is 2. The van der Waals surface area contributed by atoms with Gasteiger partial charge in [0.2, 0.25) is 0 Å². The smallest absolute Gasteiger partial charge is 0.0893 e. The molecule has 0 aliphatic carbocycles. The maximum Gasteiger partial charge on any atom is 0.0893 e. The maximum atomic E-state index is 5.54. The van der Waals surface area contributed by atoms with Gasteiger partial charge in [-0.1, -0.05) is 13.3 Å². The third kappa shape index (κ3) is 4.36. The van der Waals surface area contributed by atoms with Crippen LogP contribution in [0.25, 0.3) is 0 Å². The first-order valence-electron chi connectivity index (χ1n) is 4.85. The quantitative estimate of drug-likeness (QED) is 0.773. The van der Waals surface area contributed by atoms with Gasteiger partial charge in [-0.15, -0.1) is 20.4 Å². The maximum absolute atomic E-state index is 5.54. The van der Waals surface area contributed by atoms with Gasteiger partial charge in [-0.05, 0) is 22.9 Å². The van der Waals surface area contributed by atoms with Crippen LogP contribution in [0.1, 0.15) is 19.0 Å². The van der Waals surface area contributed by atoms with Crippen molar-refractivity contribution in [2.75, 3.05) is 5.73 Å². The highest BCUT2D eigenvalue weighted by atomic mass is 15.3. The molecule has 0 fully saturated rings. The van der Waals surface area contributed by atoms with Crippen LogP contribution < -0.4 is 5.73 Å². The molecule has 0 saturated carbocycles. The molecule has 0 saturated heterocycles. The molecule has 0 aliphatic rings. The summed E-state index contributed by atoms with van der Waals surface area (Å²) in [6.45, 7) is 2.07. The number of nitrogens with zero attached hydrogens (tertiary/aromatic N) is 6. The average Bonchev–Trinajstić information content (AvgIpc) is 2.35. The molecule has 2 aromatic rings. The molecule has 2 N–H and O–H groups in total. The van der Waals surface area contributed by atoms with E-state index in [0.29, 0.717) is 5.69 Å². The Morgan fingerprint density at radius 2 is 1.88 bits per heavy atom. The summed E-state index contributed by atoms with van der Waals surface area (Å²) in [5.74, 6) is 0. The first kappa shape index (κ1) is 11.9. The van der Waals surface area contributed by atoms with E-state index in [1.54, 1.807) is 18.5 Å². The van der Waals surface area contributed by atoms with Gasteiger partial charge in [-0.2, -0.15) is 0 Å². The Morgan fingerprint density at radius 3 is 2.31 bits per heavy atom. The van der Waals surface area contributed by atoms with Crippen molar-refractivity contribution in [3.8, 4) is 0 Å². The summed E-state index contributed by atoms with van der Waals surface area (Å²) < 4.78 is 0. The first-order chi connectivity index (χ1) is 7.84. The molecule has 16 heavy (non-hydrogen) atoms. The SMILES string of the molecule is CCCc1nnncc1N.c1cnnnc1. The van der Waals surface area contributed by atoms with Crippen LogP contribution in [0.2, 0.25) is 0 Å². The Labute approximate surface area is 93.1 Å². The van der Waals surface area contributed by atoms with E-state index in [-0.39, 0.29) is 0 Å². The molecule has 0 amide bonds. The van der Waals surface area contributed by atoms with Crippen LogP contribution in [0, 0.1) is 0 Å². The zero-order valence-electron chi connectivity index (χ0n) is 8.98.